The van der Waals surface area contributed by atoms with Crippen molar-refractivity contribution in [3.8, 4) is 5.69 Å². The molecule has 3 rings (SSSR count). The maximum Gasteiger partial charge on any atom is 0.271 e. The number of hydrogen-bond donors (Lipinski definition) is 1. The molecule has 0 atom stereocenters. The number of nitro groups is 1. The molecular weight excluding hydrogens is 356 g/mol. The molecule has 0 radical (unpaired) electrons. The standard InChI is InChI=1S/C21H20N4O3/c1-14-9-10-19(25(27)28)12-20(14)24-15(2)11-18(16(24)3)13-22-23-21(26)17-7-5-4-6-8-17/h4-13H,1-3H3,(H,23,26)/b22-13-. The van der Waals surface area contributed by atoms with Crippen molar-refractivity contribution in [1.29, 1.82) is 0 Å². The van der Waals surface area contributed by atoms with E-state index >= 15 is 0 Å². The summed E-state index contributed by atoms with van der Waals surface area (Å²) in [7, 11) is 0. The second-order valence-corrected chi connectivity index (χ2v) is 6.45. The summed E-state index contributed by atoms with van der Waals surface area (Å²) in [6.07, 6.45) is 1.58. The highest BCUT2D eigenvalue weighted by atomic mass is 16.6. The number of non-ortho nitro benzene ring substituents is 1. The maximum atomic E-state index is 12.1. The van der Waals surface area contributed by atoms with Gasteiger partial charge in [-0.2, -0.15) is 5.10 Å². The minimum absolute atomic E-state index is 0.0402. The van der Waals surface area contributed by atoms with Crippen LogP contribution in [0.3, 0.4) is 0 Å². The number of rotatable bonds is 5. The van der Waals surface area contributed by atoms with E-state index in [-0.39, 0.29) is 11.6 Å². The molecule has 1 amide bonds. The number of nitro benzene ring substituents is 1. The van der Waals surface area contributed by atoms with Crippen molar-refractivity contribution in [2.45, 2.75) is 20.8 Å². The normalized spacial score (nSPS) is 11.0. The van der Waals surface area contributed by atoms with Gasteiger partial charge in [-0.25, -0.2) is 5.43 Å². The largest absolute Gasteiger partial charge is 0.317 e. The minimum Gasteiger partial charge on any atom is -0.317 e. The average Bonchev–Trinajstić information content (AvgIpc) is 2.96. The molecular formula is C21H20N4O3. The van der Waals surface area contributed by atoms with Crippen molar-refractivity contribution < 1.29 is 9.72 Å². The fourth-order valence-electron chi connectivity index (χ4n) is 3.06. The molecule has 0 saturated carbocycles. The van der Waals surface area contributed by atoms with Crippen LogP contribution in [0.2, 0.25) is 0 Å². The zero-order valence-corrected chi connectivity index (χ0v) is 15.8. The Bertz CT molecular complexity index is 1070. The molecule has 1 N–H and O–H groups in total. The number of carbonyl (C=O) groups is 1. The van der Waals surface area contributed by atoms with E-state index in [1.807, 2.05) is 37.5 Å². The van der Waals surface area contributed by atoms with E-state index in [1.165, 1.54) is 6.07 Å². The summed E-state index contributed by atoms with van der Waals surface area (Å²) in [4.78, 5) is 22.8. The summed E-state index contributed by atoms with van der Waals surface area (Å²) in [6, 6.07) is 15.5. The quantitative estimate of drug-likeness (QED) is 0.413. The van der Waals surface area contributed by atoms with Crippen molar-refractivity contribution in [2.24, 2.45) is 5.10 Å². The Hall–Kier alpha value is -3.74. The molecule has 2 aromatic carbocycles. The third kappa shape index (κ3) is 3.83. The van der Waals surface area contributed by atoms with Crippen LogP contribution in [0.5, 0.6) is 0 Å². The van der Waals surface area contributed by atoms with Crippen LogP contribution in [-0.4, -0.2) is 21.6 Å². The molecule has 1 heterocycles. The van der Waals surface area contributed by atoms with E-state index in [1.54, 1.807) is 42.6 Å². The SMILES string of the molecule is Cc1ccc([N+](=O)[O-])cc1-n1c(C)cc(/C=N\NC(=O)c2ccccc2)c1C. The van der Waals surface area contributed by atoms with Gasteiger partial charge >= 0.3 is 0 Å². The fraction of sp³-hybridized carbons (Fsp3) is 0.143. The van der Waals surface area contributed by atoms with E-state index in [2.05, 4.69) is 10.5 Å². The molecule has 7 heteroatoms. The van der Waals surface area contributed by atoms with Crippen molar-refractivity contribution >= 4 is 17.8 Å². The number of aromatic nitrogens is 1. The smallest absolute Gasteiger partial charge is 0.271 e. The predicted octanol–water partition coefficient (Wildman–Crippen LogP) is 4.07. The number of hydrazone groups is 1. The molecule has 7 nitrogen and oxygen atoms in total. The first-order valence-electron chi connectivity index (χ1n) is 8.71. The van der Waals surface area contributed by atoms with Gasteiger partial charge in [-0.3, -0.25) is 14.9 Å². The van der Waals surface area contributed by atoms with E-state index < -0.39 is 4.92 Å². The predicted molar refractivity (Wildman–Crippen MR) is 108 cm³/mol. The Morgan fingerprint density at radius 2 is 1.82 bits per heavy atom. The van der Waals surface area contributed by atoms with E-state index in [0.717, 1.165) is 28.2 Å². The van der Waals surface area contributed by atoms with Gasteiger partial charge in [-0.05, 0) is 44.5 Å². The lowest BCUT2D eigenvalue weighted by molar-refractivity contribution is -0.384. The van der Waals surface area contributed by atoms with Crippen LogP contribution in [0, 0.1) is 30.9 Å². The summed E-state index contributed by atoms with van der Waals surface area (Å²) in [5.41, 5.74) is 7.35. The molecule has 0 spiro atoms. The summed E-state index contributed by atoms with van der Waals surface area (Å²) >= 11 is 0. The Balaban J connectivity index is 1.88. The van der Waals surface area contributed by atoms with Gasteiger partial charge in [0.15, 0.2) is 0 Å². The highest BCUT2D eigenvalue weighted by Crippen LogP contribution is 2.26. The average molecular weight is 376 g/mol. The maximum absolute atomic E-state index is 12.1. The molecule has 0 unspecified atom stereocenters. The molecule has 0 fully saturated rings. The minimum atomic E-state index is -0.404. The molecule has 0 saturated heterocycles. The van der Waals surface area contributed by atoms with Gasteiger partial charge < -0.3 is 4.57 Å². The van der Waals surface area contributed by atoms with Crippen LogP contribution in [0.1, 0.15) is 32.9 Å². The summed E-state index contributed by atoms with van der Waals surface area (Å²) in [5.74, 6) is -0.291. The number of amides is 1. The van der Waals surface area contributed by atoms with Crippen LogP contribution in [0.25, 0.3) is 5.69 Å². The van der Waals surface area contributed by atoms with Gasteiger partial charge in [-0.15, -0.1) is 0 Å². The van der Waals surface area contributed by atoms with Crippen molar-refractivity contribution in [1.82, 2.24) is 9.99 Å². The van der Waals surface area contributed by atoms with E-state index in [9.17, 15) is 14.9 Å². The number of nitrogens with one attached hydrogen (secondary N) is 1. The van der Waals surface area contributed by atoms with Gasteiger partial charge in [0.05, 0.1) is 16.8 Å². The first-order chi connectivity index (χ1) is 13.4. The first-order valence-corrected chi connectivity index (χ1v) is 8.71. The number of hydrogen-bond acceptors (Lipinski definition) is 4. The number of benzene rings is 2. The summed E-state index contributed by atoms with van der Waals surface area (Å²) in [5, 5.41) is 15.2. The Morgan fingerprint density at radius 1 is 1.11 bits per heavy atom. The second kappa shape index (κ2) is 7.87. The zero-order valence-electron chi connectivity index (χ0n) is 15.8. The molecule has 0 bridgehead atoms. The monoisotopic (exact) mass is 376 g/mol. The second-order valence-electron chi connectivity index (χ2n) is 6.45. The summed E-state index contributed by atoms with van der Waals surface area (Å²) in [6.45, 7) is 5.74. The molecule has 1 aromatic heterocycles. The lowest BCUT2D eigenvalue weighted by atomic mass is 10.1. The van der Waals surface area contributed by atoms with Crippen LogP contribution in [0.4, 0.5) is 5.69 Å². The van der Waals surface area contributed by atoms with Crippen LogP contribution in [0.15, 0.2) is 59.7 Å². The van der Waals surface area contributed by atoms with Gasteiger partial charge in [-0.1, -0.05) is 24.3 Å². The molecule has 142 valence electrons. The van der Waals surface area contributed by atoms with Crippen LogP contribution in [-0.2, 0) is 0 Å². The van der Waals surface area contributed by atoms with Gasteiger partial charge in [0.1, 0.15) is 0 Å². The van der Waals surface area contributed by atoms with Crippen molar-refractivity contribution in [3.63, 3.8) is 0 Å². The highest BCUT2D eigenvalue weighted by molar-refractivity contribution is 5.94. The summed E-state index contributed by atoms with van der Waals surface area (Å²) < 4.78 is 1.95. The van der Waals surface area contributed by atoms with Crippen LogP contribution < -0.4 is 5.43 Å². The zero-order chi connectivity index (χ0) is 20.3. The van der Waals surface area contributed by atoms with E-state index in [4.69, 9.17) is 0 Å². The molecule has 0 aliphatic heterocycles. The topological polar surface area (TPSA) is 89.5 Å². The van der Waals surface area contributed by atoms with Crippen molar-refractivity contribution in [3.05, 3.63) is 92.8 Å². The first kappa shape index (κ1) is 19.0. The van der Waals surface area contributed by atoms with Crippen LogP contribution >= 0.6 is 0 Å². The number of nitrogens with zero attached hydrogens (tertiary/aromatic N) is 3. The van der Waals surface area contributed by atoms with E-state index in [0.29, 0.717) is 5.56 Å². The van der Waals surface area contributed by atoms with Gasteiger partial charge in [0, 0.05) is 34.6 Å². The van der Waals surface area contributed by atoms with Gasteiger partial charge in [0.25, 0.3) is 11.6 Å². The highest BCUT2D eigenvalue weighted by Gasteiger charge is 2.15. The number of aryl methyl sites for hydroxylation is 2. The lowest BCUT2D eigenvalue weighted by Crippen LogP contribution is -2.17. The fourth-order valence-corrected chi connectivity index (χ4v) is 3.06. The lowest BCUT2D eigenvalue weighted by Gasteiger charge is -2.12. The number of carbonyl (C=O) groups excluding carboxylic acids is 1. The molecule has 28 heavy (non-hydrogen) atoms. The molecule has 0 aliphatic carbocycles. The van der Waals surface area contributed by atoms with Gasteiger partial charge in [0.2, 0.25) is 0 Å². The third-order valence-electron chi connectivity index (χ3n) is 4.52. The Kier molecular flexibility index (Phi) is 5.35. The molecule has 0 aliphatic rings. The Labute approximate surface area is 162 Å². The van der Waals surface area contributed by atoms with Crippen molar-refractivity contribution in [2.75, 3.05) is 0 Å². The third-order valence-corrected chi connectivity index (χ3v) is 4.52. The Morgan fingerprint density at radius 3 is 2.50 bits per heavy atom. The molecule has 3 aromatic rings.